The molecule has 0 amide bonds. The number of aromatic nitrogens is 3. The average molecular weight is 334 g/mol. The summed E-state index contributed by atoms with van der Waals surface area (Å²) in [4.78, 5) is 13.5. The van der Waals surface area contributed by atoms with Crippen LogP contribution in [0.4, 0.5) is 11.6 Å². The second-order valence-corrected chi connectivity index (χ2v) is 5.88. The van der Waals surface area contributed by atoms with Crippen molar-refractivity contribution in [2.45, 2.75) is 27.7 Å². The van der Waals surface area contributed by atoms with Gasteiger partial charge in [0.05, 0.1) is 6.61 Å². The van der Waals surface area contributed by atoms with Crippen LogP contribution in [-0.2, 0) is 0 Å². The largest absolute Gasteiger partial charge is 0.490 e. The van der Waals surface area contributed by atoms with Crippen molar-refractivity contribution in [2.75, 3.05) is 11.9 Å². The molecule has 25 heavy (non-hydrogen) atoms. The minimum Gasteiger partial charge on any atom is -0.490 e. The van der Waals surface area contributed by atoms with Crippen LogP contribution < -0.4 is 10.1 Å². The average Bonchev–Trinajstić information content (AvgIpc) is 2.57. The van der Waals surface area contributed by atoms with Crippen LogP contribution in [0.5, 0.6) is 5.75 Å². The number of hydrogen-bond donors (Lipinski definition) is 1. The SMILES string of the molecule is CCOc1cc(-c2ccc(C)nc2C)cnc1Nc1cccc(C)n1. The predicted octanol–water partition coefficient (Wildman–Crippen LogP) is 4.61. The summed E-state index contributed by atoms with van der Waals surface area (Å²) in [5, 5.41) is 3.24. The maximum Gasteiger partial charge on any atom is 0.174 e. The monoisotopic (exact) mass is 334 g/mol. The quantitative estimate of drug-likeness (QED) is 0.738. The van der Waals surface area contributed by atoms with Gasteiger partial charge < -0.3 is 10.1 Å². The topological polar surface area (TPSA) is 59.9 Å². The van der Waals surface area contributed by atoms with E-state index in [-0.39, 0.29) is 0 Å². The molecule has 0 aliphatic rings. The highest BCUT2D eigenvalue weighted by atomic mass is 16.5. The lowest BCUT2D eigenvalue weighted by Crippen LogP contribution is -2.02. The number of nitrogens with zero attached hydrogens (tertiary/aromatic N) is 3. The molecule has 3 aromatic heterocycles. The molecule has 0 unspecified atom stereocenters. The number of hydrogen-bond acceptors (Lipinski definition) is 5. The lowest BCUT2D eigenvalue weighted by atomic mass is 10.1. The van der Waals surface area contributed by atoms with Crippen molar-refractivity contribution < 1.29 is 4.74 Å². The fraction of sp³-hybridized carbons (Fsp3) is 0.250. The van der Waals surface area contributed by atoms with E-state index < -0.39 is 0 Å². The van der Waals surface area contributed by atoms with Gasteiger partial charge in [0, 0.05) is 34.4 Å². The zero-order valence-corrected chi connectivity index (χ0v) is 15.0. The van der Waals surface area contributed by atoms with Crippen LogP contribution in [-0.4, -0.2) is 21.6 Å². The Morgan fingerprint density at radius 3 is 2.52 bits per heavy atom. The zero-order chi connectivity index (χ0) is 17.8. The fourth-order valence-corrected chi connectivity index (χ4v) is 2.68. The van der Waals surface area contributed by atoms with Crippen molar-refractivity contribution in [1.82, 2.24) is 15.0 Å². The lowest BCUT2D eigenvalue weighted by Gasteiger charge is -2.14. The van der Waals surface area contributed by atoms with E-state index in [4.69, 9.17) is 4.74 Å². The van der Waals surface area contributed by atoms with Gasteiger partial charge >= 0.3 is 0 Å². The molecule has 1 N–H and O–H groups in total. The second kappa shape index (κ2) is 7.30. The van der Waals surface area contributed by atoms with E-state index >= 15 is 0 Å². The maximum absolute atomic E-state index is 5.79. The Labute approximate surface area is 148 Å². The standard InChI is InChI=1S/C20H22N4O/c1-5-25-18-11-16(17-10-9-14(3)22-15(17)4)12-21-20(18)24-19-8-6-7-13(2)23-19/h6-12H,5H2,1-4H3,(H,21,23,24). The molecule has 0 aliphatic carbocycles. The molecular weight excluding hydrogens is 312 g/mol. The molecule has 0 fully saturated rings. The van der Waals surface area contributed by atoms with Crippen molar-refractivity contribution >= 4 is 11.6 Å². The van der Waals surface area contributed by atoms with Gasteiger partial charge in [-0.1, -0.05) is 12.1 Å². The Morgan fingerprint density at radius 2 is 1.80 bits per heavy atom. The third-order valence-electron chi connectivity index (χ3n) is 3.82. The Morgan fingerprint density at radius 1 is 1.00 bits per heavy atom. The predicted molar refractivity (Wildman–Crippen MR) is 100 cm³/mol. The molecular formula is C20H22N4O. The molecule has 3 rings (SSSR count). The van der Waals surface area contributed by atoms with Crippen LogP contribution in [0.3, 0.4) is 0 Å². The second-order valence-electron chi connectivity index (χ2n) is 5.88. The van der Waals surface area contributed by atoms with Crippen LogP contribution in [0, 0.1) is 20.8 Å². The van der Waals surface area contributed by atoms with E-state index in [2.05, 4.69) is 26.3 Å². The van der Waals surface area contributed by atoms with E-state index in [1.165, 1.54) is 0 Å². The number of aryl methyl sites for hydroxylation is 3. The number of anilines is 2. The number of nitrogens with one attached hydrogen (secondary N) is 1. The van der Waals surface area contributed by atoms with E-state index in [1.807, 2.05) is 64.2 Å². The summed E-state index contributed by atoms with van der Waals surface area (Å²) in [5.41, 5.74) is 4.96. The number of ether oxygens (including phenoxy) is 1. The van der Waals surface area contributed by atoms with Gasteiger partial charge in [-0.3, -0.25) is 4.98 Å². The lowest BCUT2D eigenvalue weighted by molar-refractivity contribution is 0.341. The molecule has 3 heterocycles. The Kier molecular flexibility index (Phi) is 4.93. The molecule has 0 bridgehead atoms. The first kappa shape index (κ1) is 16.9. The molecule has 0 aliphatic heterocycles. The van der Waals surface area contributed by atoms with Crippen LogP contribution in [0.2, 0.25) is 0 Å². The van der Waals surface area contributed by atoms with Crippen LogP contribution in [0.25, 0.3) is 11.1 Å². The van der Waals surface area contributed by atoms with Gasteiger partial charge in [0.2, 0.25) is 0 Å². The molecule has 0 aromatic carbocycles. The minimum atomic E-state index is 0.562. The van der Waals surface area contributed by atoms with Crippen LogP contribution in [0.15, 0.2) is 42.6 Å². The van der Waals surface area contributed by atoms with Gasteiger partial charge in [0.15, 0.2) is 11.6 Å². The molecule has 0 atom stereocenters. The Bertz CT molecular complexity index is 893. The number of rotatable bonds is 5. The summed E-state index contributed by atoms with van der Waals surface area (Å²) in [6.07, 6.45) is 1.83. The van der Waals surface area contributed by atoms with Crippen LogP contribution >= 0.6 is 0 Å². The van der Waals surface area contributed by atoms with Crippen molar-refractivity contribution in [3.05, 3.63) is 59.7 Å². The molecule has 5 nitrogen and oxygen atoms in total. The van der Waals surface area contributed by atoms with Crippen molar-refractivity contribution in [1.29, 1.82) is 0 Å². The Hall–Kier alpha value is -2.95. The van der Waals surface area contributed by atoms with E-state index in [0.717, 1.165) is 34.0 Å². The van der Waals surface area contributed by atoms with Gasteiger partial charge in [0.25, 0.3) is 0 Å². The van der Waals surface area contributed by atoms with Crippen molar-refractivity contribution in [2.24, 2.45) is 0 Å². The fourth-order valence-electron chi connectivity index (χ4n) is 2.68. The molecule has 5 heteroatoms. The van der Waals surface area contributed by atoms with Crippen molar-refractivity contribution in [3.8, 4) is 16.9 Å². The highest BCUT2D eigenvalue weighted by Crippen LogP contribution is 2.31. The summed E-state index contributed by atoms with van der Waals surface area (Å²) < 4.78 is 5.79. The number of pyridine rings is 3. The van der Waals surface area contributed by atoms with E-state index in [9.17, 15) is 0 Å². The normalized spacial score (nSPS) is 10.6. The zero-order valence-electron chi connectivity index (χ0n) is 15.0. The third-order valence-corrected chi connectivity index (χ3v) is 3.82. The minimum absolute atomic E-state index is 0.562. The first-order valence-electron chi connectivity index (χ1n) is 8.35. The van der Waals surface area contributed by atoms with Gasteiger partial charge in [-0.2, -0.15) is 0 Å². The van der Waals surface area contributed by atoms with Crippen molar-refractivity contribution in [3.63, 3.8) is 0 Å². The summed E-state index contributed by atoms with van der Waals surface area (Å²) in [5.74, 6) is 2.10. The smallest absolute Gasteiger partial charge is 0.174 e. The van der Waals surface area contributed by atoms with E-state index in [0.29, 0.717) is 18.2 Å². The van der Waals surface area contributed by atoms with Crippen LogP contribution in [0.1, 0.15) is 24.0 Å². The molecule has 0 saturated carbocycles. The van der Waals surface area contributed by atoms with Gasteiger partial charge in [-0.25, -0.2) is 9.97 Å². The first-order chi connectivity index (χ1) is 12.1. The van der Waals surface area contributed by atoms with E-state index in [1.54, 1.807) is 0 Å². The summed E-state index contributed by atoms with van der Waals surface area (Å²) in [7, 11) is 0. The van der Waals surface area contributed by atoms with Gasteiger partial charge in [-0.05, 0) is 52.0 Å². The first-order valence-corrected chi connectivity index (χ1v) is 8.35. The molecule has 0 radical (unpaired) electrons. The highest BCUT2D eigenvalue weighted by Gasteiger charge is 2.11. The third kappa shape index (κ3) is 3.94. The molecule has 3 aromatic rings. The molecule has 0 spiro atoms. The maximum atomic E-state index is 5.79. The summed E-state index contributed by atoms with van der Waals surface area (Å²) in [6.45, 7) is 8.47. The van der Waals surface area contributed by atoms with Gasteiger partial charge in [0.1, 0.15) is 5.82 Å². The highest BCUT2D eigenvalue weighted by molar-refractivity contribution is 5.71. The summed E-state index contributed by atoms with van der Waals surface area (Å²) >= 11 is 0. The van der Waals surface area contributed by atoms with Gasteiger partial charge in [-0.15, -0.1) is 0 Å². The molecule has 0 saturated heterocycles. The molecule has 128 valence electrons. The Balaban J connectivity index is 1.97. The summed E-state index contributed by atoms with van der Waals surface area (Å²) in [6, 6.07) is 11.9.